The Morgan fingerprint density at radius 2 is 2.05 bits per heavy atom. The average molecular weight is 265 g/mol. The van der Waals surface area contributed by atoms with E-state index in [-0.39, 0.29) is 11.3 Å². The number of nitrogens with zero attached hydrogens (tertiary/aromatic N) is 3. The van der Waals surface area contributed by atoms with E-state index in [2.05, 4.69) is 4.90 Å². The Morgan fingerprint density at radius 1 is 1.32 bits per heavy atom. The van der Waals surface area contributed by atoms with E-state index in [0.717, 1.165) is 12.8 Å². The first-order valence-electron chi connectivity index (χ1n) is 6.34. The molecule has 0 spiro atoms. The minimum absolute atomic E-state index is 0.248. The molecule has 102 valence electrons. The number of benzene rings is 1. The van der Waals surface area contributed by atoms with Crippen molar-refractivity contribution in [2.75, 3.05) is 32.1 Å². The zero-order valence-electron chi connectivity index (χ0n) is 11.2. The van der Waals surface area contributed by atoms with Gasteiger partial charge in [0.05, 0.1) is 11.3 Å². The van der Waals surface area contributed by atoms with Crippen LogP contribution >= 0.6 is 0 Å². The molecule has 0 saturated carbocycles. The van der Waals surface area contributed by atoms with E-state index >= 15 is 0 Å². The van der Waals surface area contributed by atoms with Crippen molar-refractivity contribution in [3.8, 4) is 6.07 Å². The third-order valence-electron chi connectivity index (χ3n) is 3.65. The van der Waals surface area contributed by atoms with Crippen LogP contribution in [0, 0.1) is 23.0 Å². The largest absolute Gasteiger partial charge is 0.368 e. The molecule has 5 heteroatoms. The van der Waals surface area contributed by atoms with E-state index in [0.29, 0.717) is 19.1 Å². The van der Waals surface area contributed by atoms with Crippen LogP contribution in [-0.2, 0) is 0 Å². The molecule has 0 radical (unpaired) electrons. The first-order valence-corrected chi connectivity index (χ1v) is 6.34. The molecule has 19 heavy (non-hydrogen) atoms. The van der Waals surface area contributed by atoms with E-state index in [4.69, 9.17) is 5.26 Å². The predicted octanol–water partition coefficient (Wildman–Crippen LogP) is 2.37. The first-order chi connectivity index (χ1) is 9.04. The van der Waals surface area contributed by atoms with Crippen LogP contribution in [0.15, 0.2) is 12.1 Å². The average Bonchev–Trinajstić information content (AvgIpc) is 2.42. The molecule has 0 aromatic heterocycles. The van der Waals surface area contributed by atoms with Gasteiger partial charge >= 0.3 is 0 Å². The lowest BCUT2D eigenvalue weighted by Crippen LogP contribution is -2.45. The lowest BCUT2D eigenvalue weighted by molar-refractivity contribution is 0.257. The molecule has 1 aliphatic rings. The van der Waals surface area contributed by atoms with Crippen molar-refractivity contribution in [1.29, 1.82) is 5.26 Å². The fourth-order valence-electron chi connectivity index (χ4n) is 2.46. The Balaban J connectivity index is 2.27. The molecule has 1 saturated heterocycles. The summed E-state index contributed by atoms with van der Waals surface area (Å²) in [6, 6.07) is 4.83. The summed E-state index contributed by atoms with van der Waals surface area (Å²) in [5.74, 6) is -1.97. The van der Waals surface area contributed by atoms with Crippen LogP contribution in [0.25, 0.3) is 0 Å². The number of hydrogen-bond donors (Lipinski definition) is 0. The summed E-state index contributed by atoms with van der Waals surface area (Å²) >= 11 is 0. The van der Waals surface area contributed by atoms with E-state index in [1.165, 1.54) is 12.1 Å². The van der Waals surface area contributed by atoms with Gasteiger partial charge < -0.3 is 9.80 Å². The van der Waals surface area contributed by atoms with Gasteiger partial charge in [0.2, 0.25) is 0 Å². The van der Waals surface area contributed by atoms with Crippen molar-refractivity contribution in [3.05, 3.63) is 29.3 Å². The maximum absolute atomic E-state index is 14.0. The summed E-state index contributed by atoms with van der Waals surface area (Å²) in [6.07, 6.45) is 2.01. The monoisotopic (exact) mass is 265 g/mol. The molecular formula is C14H17F2N3. The van der Waals surface area contributed by atoms with Crippen molar-refractivity contribution in [3.63, 3.8) is 0 Å². The number of piperidine rings is 1. The highest BCUT2D eigenvalue weighted by Gasteiger charge is 2.25. The lowest BCUT2D eigenvalue weighted by Gasteiger charge is -2.37. The van der Waals surface area contributed by atoms with Gasteiger partial charge in [0.25, 0.3) is 0 Å². The van der Waals surface area contributed by atoms with Crippen LogP contribution in [0.5, 0.6) is 0 Å². The molecule has 0 amide bonds. The van der Waals surface area contributed by atoms with Crippen LogP contribution in [0.2, 0.25) is 0 Å². The smallest absolute Gasteiger partial charge is 0.183 e. The van der Waals surface area contributed by atoms with Gasteiger partial charge in [-0.1, -0.05) is 0 Å². The van der Waals surface area contributed by atoms with Gasteiger partial charge in [-0.3, -0.25) is 0 Å². The molecule has 1 fully saturated rings. The summed E-state index contributed by atoms with van der Waals surface area (Å²) in [5.41, 5.74) is 0.00506. The lowest BCUT2D eigenvalue weighted by atomic mass is 10.0. The van der Waals surface area contributed by atoms with Gasteiger partial charge in [-0.15, -0.1) is 0 Å². The summed E-state index contributed by atoms with van der Waals surface area (Å²) < 4.78 is 27.6. The van der Waals surface area contributed by atoms with Crippen molar-refractivity contribution in [1.82, 2.24) is 4.90 Å². The molecule has 1 aromatic carbocycles. The Hall–Kier alpha value is -1.67. The number of rotatable bonds is 2. The van der Waals surface area contributed by atoms with E-state index < -0.39 is 11.6 Å². The van der Waals surface area contributed by atoms with Gasteiger partial charge in [-0.05, 0) is 39.1 Å². The van der Waals surface area contributed by atoms with Gasteiger partial charge in [-0.25, -0.2) is 8.78 Å². The SMILES string of the molecule is CN(C)C1CCCN(c2ccc(C#N)c(F)c2F)C1. The quantitative estimate of drug-likeness (QED) is 0.822. The Morgan fingerprint density at radius 3 is 2.68 bits per heavy atom. The fourth-order valence-corrected chi connectivity index (χ4v) is 2.46. The van der Waals surface area contributed by atoms with Crippen LogP contribution in [0.1, 0.15) is 18.4 Å². The fraction of sp³-hybridized carbons (Fsp3) is 0.500. The van der Waals surface area contributed by atoms with Crippen molar-refractivity contribution >= 4 is 5.69 Å². The van der Waals surface area contributed by atoms with Gasteiger partial charge in [0, 0.05) is 19.1 Å². The van der Waals surface area contributed by atoms with Crippen molar-refractivity contribution < 1.29 is 8.78 Å². The molecule has 1 heterocycles. The molecule has 3 nitrogen and oxygen atoms in total. The van der Waals surface area contributed by atoms with Gasteiger partial charge in [-0.2, -0.15) is 5.26 Å². The second-order valence-corrected chi connectivity index (χ2v) is 5.08. The number of hydrogen-bond acceptors (Lipinski definition) is 3. The number of halogens is 2. The predicted molar refractivity (Wildman–Crippen MR) is 70.0 cm³/mol. The molecule has 1 aromatic rings. The first kappa shape index (κ1) is 13.8. The summed E-state index contributed by atoms with van der Waals surface area (Å²) in [6.45, 7) is 1.39. The van der Waals surface area contributed by atoms with E-state index in [9.17, 15) is 8.78 Å². The minimum Gasteiger partial charge on any atom is -0.368 e. The Bertz CT molecular complexity index is 508. The Labute approximate surface area is 112 Å². The van der Waals surface area contributed by atoms with Gasteiger partial charge in [0.15, 0.2) is 11.6 Å². The standard InChI is InChI=1S/C14H17F2N3/c1-18(2)11-4-3-7-19(9-11)12-6-5-10(8-17)13(15)14(12)16/h5-6,11H,3-4,7,9H2,1-2H3. The zero-order valence-corrected chi connectivity index (χ0v) is 11.2. The highest BCUT2D eigenvalue weighted by molar-refractivity contribution is 5.52. The zero-order chi connectivity index (χ0) is 14.0. The summed E-state index contributed by atoms with van der Waals surface area (Å²) in [5, 5.41) is 8.68. The van der Waals surface area contributed by atoms with Crippen LogP contribution < -0.4 is 4.90 Å². The second-order valence-electron chi connectivity index (χ2n) is 5.08. The van der Waals surface area contributed by atoms with E-state index in [1.807, 2.05) is 19.0 Å². The number of anilines is 1. The molecule has 2 rings (SSSR count). The maximum atomic E-state index is 14.0. The van der Waals surface area contributed by atoms with Crippen LogP contribution in [0.3, 0.4) is 0 Å². The molecule has 0 N–H and O–H groups in total. The highest BCUT2D eigenvalue weighted by Crippen LogP contribution is 2.27. The molecular weight excluding hydrogens is 248 g/mol. The second kappa shape index (κ2) is 5.54. The topological polar surface area (TPSA) is 30.3 Å². The third kappa shape index (κ3) is 2.69. The summed E-state index contributed by atoms with van der Waals surface area (Å²) in [4.78, 5) is 3.96. The van der Waals surface area contributed by atoms with Crippen LogP contribution in [0.4, 0.5) is 14.5 Å². The molecule has 0 bridgehead atoms. The summed E-state index contributed by atoms with van der Waals surface area (Å²) in [7, 11) is 3.98. The minimum atomic E-state index is -1.05. The van der Waals surface area contributed by atoms with E-state index in [1.54, 1.807) is 6.07 Å². The van der Waals surface area contributed by atoms with Crippen molar-refractivity contribution in [2.45, 2.75) is 18.9 Å². The number of likely N-dealkylation sites (N-methyl/N-ethyl adjacent to an activating group) is 1. The molecule has 1 atom stereocenters. The molecule has 1 aliphatic heterocycles. The number of nitriles is 1. The van der Waals surface area contributed by atoms with Crippen LogP contribution in [-0.4, -0.2) is 38.1 Å². The van der Waals surface area contributed by atoms with Crippen molar-refractivity contribution in [2.24, 2.45) is 0 Å². The highest BCUT2D eigenvalue weighted by atomic mass is 19.2. The maximum Gasteiger partial charge on any atom is 0.183 e. The molecule has 1 unspecified atom stereocenters. The molecule has 0 aliphatic carbocycles. The Kier molecular flexibility index (Phi) is 4.01. The van der Waals surface area contributed by atoms with Gasteiger partial charge in [0.1, 0.15) is 6.07 Å². The normalized spacial score (nSPS) is 19.6. The third-order valence-corrected chi connectivity index (χ3v) is 3.65.